The van der Waals surface area contributed by atoms with Gasteiger partial charge < -0.3 is 9.26 Å². The molecule has 0 N–H and O–H groups in total. The van der Waals surface area contributed by atoms with Crippen molar-refractivity contribution in [2.45, 2.75) is 6.92 Å². The Morgan fingerprint density at radius 3 is 2.71 bits per heavy atom. The van der Waals surface area contributed by atoms with Crippen LogP contribution in [0.15, 0.2) is 58.6 Å². The minimum absolute atomic E-state index is 0.0316. The van der Waals surface area contributed by atoms with Crippen LogP contribution in [-0.2, 0) is 4.74 Å². The first-order valence-corrected chi connectivity index (χ1v) is 11.4. The van der Waals surface area contributed by atoms with Gasteiger partial charge in [-0.05, 0) is 37.3 Å². The summed E-state index contributed by atoms with van der Waals surface area (Å²) in [4.78, 5) is 16.4. The molecule has 0 saturated heterocycles. The Labute approximate surface area is 206 Å². The second kappa shape index (κ2) is 9.05. The summed E-state index contributed by atoms with van der Waals surface area (Å²) in [5.41, 5.74) is 2.20. The summed E-state index contributed by atoms with van der Waals surface area (Å²) in [6.45, 7) is 1.77. The maximum Gasteiger partial charge on any atom is 0.357 e. The highest BCUT2D eigenvalue weighted by Crippen LogP contribution is 2.44. The Morgan fingerprint density at radius 2 is 1.97 bits per heavy atom. The van der Waals surface area contributed by atoms with Gasteiger partial charge in [0.2, 0.25) is 0 Å². The minimum Gasteiger partial charge on any atom is -0.464 e. The van der Waals surface area contributed by atoms with E-state index in [1.165, 1.54) is 49.0 Å². The highest BCUT2D eigenvalue weighted by Gasteiger charge is 2.29. The molecule has 0 amide bonds. The fraction of sp³-hybridized carbons (Fsp3) is 0.0833. The molecular weight excluding hydrogens is 498 g/mol. The Balaban J connectivity index is 1.73. The molecule has 0 bridgehead atoms. The molecule has 2 aromatic carbocycles. The lowest BCUT2D eigenvalue weighted by Crippen LogP contribution is -2.01. The summed E-state index contributed by atoms with van der Waals surface area (Å²) in [7, 11) is 1.25. The number of nitrogens with zero attached hydrogens (tertiary/aromatic N) is 4. The maximum absolute atomic E-state index is 14.9. The van der Waals surface area contributed by atoms with E-state index in [0.29, 0.717) is 27.5 Å². The lowest BCUT2D eigenvalue weighted by molar-refractivity contribution is 0.0595. The van der Waals surface area contributed by atoms with Crippen molar-refractivity contribution in [3.8, 4) is 38.8 Å². The van der Waals surface area contributed by atoms with E-state index >= 15 is 0 Å². The molecule has 35 heavy (non-hydrogen) atoms. The van der Waals surface area contributed by atoms with Crippen molar-refractivity contribution in [3.63, 3.8) is 0 Å². The standard InChI is InChI=1S/C24H15ClF2N4O3S/c1-12-15(10-28-31(12)14-6-3-5-13(26)9-14)22-20(23-29-18(11-35-23)24(32)33-2)21(30-34-22)19-16(25)7-4-8-17(19)27/h3-11H,1-2H3. The smallest absolute Gasteiger partial charge is 0.357 e. The van der Waals surface area contributed by atoms with E-state index in [0.717, 1.165) is 11.3 Å². The largest absolute Gasteiger partial charge is 0.464 e. The molecular formula is C24H15ClF2N4O3S. The lowest BCUT2D eigenvalue weighted by atomic mass is 10.0. The molecule has 0 radical (unpaired) electrons. The molecule has 0 spiro atoms. The first-order chi connectivity index (χ1) is 16.9. The summed E-state index contributed by atoms with van der Waals surface area (Å²) >= 11 is 7.46. The fourth-order valence-electron chi connectivity index (χ4n) is 3.65. The summed E-state index contributed by atoms with van der Waals surface area (Å²) in [6, 6.07) is 10.2. The lowest BCUT2D eigenvalue weighted by Gasteiger charge is -2.06. The molecule has 11 heteroatoms. The average Bonchev–Trinajstić information content (AvgIpc) is 3.56. The highest BCUT2D eigenvalue weighted by molar-refractivity contribution is 7.13. The van der Waals surface area contributed by atoms with Gasteiger partial charge >= 0.3 is 5.97 Å². The van der Waals surface area contributed by atoms with E-state index in [4.69, 9.17) is 20.9 Å². The van der Waals surface area contributed by atoms with Crippen LogP contribution in [0.25, 0.3) is 38.8 Å². The van der Waals surface area contributed by atoms with Gasteiger partial charge in [-0.25, -0.2) is 23.2 Å². The van der Waals surface area contributed by atoms with Gasteiger partial charge in [-0.15, -0.1) is 11.3 Å². The number of benzene rings is 2. The first-order valence-electron chi connectivity index (χ1n) is 10.2. The number of carbonyl (C=O) groups excluding carboxylic acids is 1. The zero-order valence-electron chi connectivity index (χ0n) is 18.3. The van der Waals surface area contributed by atoms with Gasteiger partial charge in [0, 0.05) is 5.38 Å². The number of esters is 1. The SMILES string of the molecule is COC(=O)c1csc(-c2c(-c3c(F)cccc3Cl)noc2-c2cnn(-c3cccc(F)c3)c2C)n1. The molecule has 0 aliphatic carbocycles. The summed E-state index contributed by atoms with van der Waals surface area (Å²) in [6.07, 6.45) is 1.53. The number of halogens is 3. The molecule has 0 saturated carbocycles. The Morgan fingerprint density at radius 1 is 1.17 bits per heavy atom. The Kier molecular flexibility index (Phi) is 5.91. The van der Waals surface area contributed by atoms with Crippen molar-refractivity contribution in [3.05, 3.63) is 82.1 Å². The van der Waals surface area contributed by atoms with Crippen molar-refractivity contribution < 1.29 is 22.8 Å². The summed E-state index contributed by atoms with van der Waals surface area (Å²) in [5.74, 6) is -1.39. The van der Waals surface area contributed by atoms with Gasteiger partial charge in [0.1, 0.15) is 22.3 Å². The van der Waals surface area contributed by atoms with Gasteiger partial charge in [0.25, 0.3) is 0 Å². The monoisotopic (exact) mass is 512 g/mol. The van der Waals surface area contributed by atoms with Crippen LogP contribution in [0.4, 0.5) is 8.78 Å². The minimum atomic E-state index is -0.619. The molecule has 5 aromatic rings. The topological polar surface area (TPSA) is 83.0 Å². The third-order valence-corrected chi connectivity index (χ3v) is 6.49. The first kappa shape index (κ1) is 22.9. The number of carbonyl (C=O) groups is 1. The zero-order valence-corrected chi connectivity index (χ0v) is 19.8. The van der Waals surface area contributed by atoms with E-state index in [1.807, 2.05) is 0 Å². The molecule has 3 aromatic heterocycles. The molecule has 5 rings (SSSR count). The van der Waals surface area contributed by atoms with Gasteiger partial charge in [-0.3, -0.25) is 0 Å². The zero-order chi connectivity index (χ0) is 24.7. The molecule has 0 aliphatic rings. The maximum atomic E-state index is 14.9. The number of aromatic nitrogens is 4. The second-order valence-corrected chi connectivity index (χ2v) is 8.66. The van der Waals surface area contributed by atoms with Crippen molar-refractivity contribution in [1.29, 1.82) is 0 Å². The molecule has 7 nitrogen and oxygen atoms in total. The van der Waals surface area contributed by atoms with Crippen LogP contribution in [0.1, 0.15) is 16.2 Å². The number of hydrogen-bond donors (Lipinski definition) is 0. The van der Waals surface area contributed by atoms with Gasteiger partial charge in [-0.1, -0.05) is 28.9 Å². The van der Waals surface area contributed by atoms with Crippen LogP contribution in [0.3, 0.4) is 0 Å². The molecule has 0 aliphatic heterocycles. The fourth-order valence-corrected chi connectivity index (χ4v) is 4.74. The number of methoxy groups -OCH3 is 1. The average molecular weight is 513 g/mol. The predicted molar refractivity (Wildman–Crippen MR) is 127 cm³/mol. The number of rotatable bonds is 5. The van der Waals surface area contributed by atoms with E-state index < -0.39 is 17.6 Å². The molecule has 0 atom stereocenters. The molecule has 0 unspecified atom stereocenters. The van der Waals surface area contributed by atoms with Crippen LogP contribution in [0.2, 0.25) is 5.02 Å². The van der Waals surface area contributed by atoms with Crippen molar-refractivity contribution >= 4 is 28.9 Å². The van der Waals surface area contributed by atoms with Crippen LogP contribution in [0.5, 0.6) is 0 Å². The Hall–Kier alpha value is -3.89. The molecule has 3 heterocycles. The van der Waals surface area contributed by atoms with E-state index in [1.54, 1.807) is 23.7 Å². The van der Waals surface area contributed by atoms with E-state index in [9.17, 15) is 13.6 Å². The quantitative estimate of drug-likeness (QED) is 0.255. The van der Waals surface area contributed by atoms with Gasteiger partial charge in [0.05, 0.1) is 46.4 Å². The number of thiazole rings is 1. The van der Waals surface area contributed by atoms with Gasteiger partial charge in [-0.2, -0.15) is 5.10 Å². The molecule has 0 fully saturated rings. The van der Waals surface area contributed by atoms with Crippen molar-refractivity contribution in [2.24, 2.45) is 0 Å². The molecule has 176 valence electrons. The van der Waals surface area contributed by atoms with E-state index in [-0.39, 0.29) is 27.7 Å². The van der Waals surface area contributed by atoms with Crippen LogP contribution < -0.4 is 0 Å². The second-order valence-electron chi connectivity index (χ2n) is 7.40. The predicted octanol–water partition coefficient (Wildman–Crippen LogP) is 6.34. The normalized spacial score (nSPS) is 11.1. The van der Waals surface area contributed by atoms with Gasteiger partial charge in [0.15, 0.2) is 11.5 Å². The summed E-state index contributed by atoms with van der Waals surface area (Å²) < 4.78 is 40.7. The number of hydrogen-bond acceptors (Lipinski definition) is 7. The number of ether oxygens (including phenoxy) is 1. The third-order valence-electron chi connectivity index (χ3n) is 5.31. The van der Waals surface area contributed by atoms with Crippen LogP contribution >= 0.6 is 22.9 Å². The van der Waals surface area contributed by atoms with E-state index in [2.05, 4.69) is 15.2 Å². The van der Waals surface area contributed by atoms with Crippen LogP contribution in [-0.4, -0.2) is 33.0 Å². The van der Waals surface area contributed by atoms with Crippen molar-refractivity contribution in [1.82, 2.24) is 19.9 Å². The highest BCUT2D eigenvalue weighted by atomic mass is 35.5. The Bertz CT molecular complexity index is 1560. The van der Waals surface area contributed by atoms with Crippen molar-refractivity contribution in [2.75, 3.05) is 7.11 Å². The van der Waals surface area contributed by atoms with Crippen LogP contribution in [0, 0.1) is 18.6 Å². The third kappa shape index (κ3) is 4.00. The summed E-state index contributed by atoms with van der Waals surface area (Å²) in [5, 5.41) is 10.5.